The minimum atomic E-state index is 0.0367. The number of aryl methyl sites for hydroxylation is 1. The van der Waals surface area contributed by atoms with E-state index in [2.05, 4.69) is 15.1 Å². The van der Waals surface area contributed by atoms with E-state index in [1.807, 2.05) is 17.0 Å². The molecule has 2 aromatic heterocycles. The molecule has 138 valence electrons. The largest absolute Gasteiger partial charge is 0.485 e. The van der Waals surface area contributed by atoms with E-state index < -0.39 is 0 Å². The number of amides is 1. The van der Waals surface area contributed by atoms with E-state index in [4.69, 9.17) is 9.26 Å². The molecule has 1 fully saturated rings. The number of nitrogens with zero attached hydrogens (tertiary/aromatic N) is 4. The summed E-state index contributed by atoms with van der Waals surface area (Å²) in [5, 5.41) is 3.79. The van der Waals surface area contributed by atoms with Crippen molar-refractivity contribution in [1.29, 1.82) is 0 Å². The first-order valence-electron chi connectivity index (χ1n) is 8.93. The molecule has 1 unspecified atom stereocenters. The fraction of sp³-hybridized carbons (Fsp3) is 0.300. The van der Waals surface area contributed by atoms with Crippen LogP contribution in [0.2, 0.25) is 0 Å². The lowest BCUT2D eigenvalue weighted by Gasteiger charge is -2.25. The number of rotatable bonds is 5. The van der Waals surface area contributed by atoms with Crippen LogP contribution in [0.4, 0.5) is 0 Å². The molecule has 1 saturated heterocycles. The maximum atomic E-state index is 13.0. The van der Waals surface area contributed by atoms with Gasteiger partial charge in [-0.2, -0.15) is 4.98 Å². The van der Waals surface area contributed by atoms with Crippen molar-refractivity contribution >= 4 is 5.91 Å². The van der Waals surface area contributed by atoms with Gasteiger partial charge in [-0.05, 0) is 54.8 Å². The summed E-state index contributed by atoms with van der Waals surface area (Å²) in [6.45, 7) is 2.72. The van der Waals surface area contributed by atoms with Crippen molar-refractivity contribution in [1.82, 2.24) is 20.0 Å². The highest BCUT2D eigenvalue weighted by Crippen LogP contribution is 2.33. The standard InChI is InChI=1S/C20H20N4O3/c1-14-22-19(23-27-14)13-26-17-6-4-16(5-7-17)20(25)24-12-2-3-18(24)15-8-10-21-11-9-15/h4-11,18H,2-3,12-13H2,1H3. The van der Waals surface area contributed by atoms with Gasteiger partial charge in [0, 0.05) is 31.4 Å². The highest BCUT2D eigenvalue weighted by molar-refractivity contribution is 5.94. The Labute approximate surface area is 157 Å². The Morgan fingerprint density at radius 1 is 1.22 bits per heavy atom. The van der Waals surface area contributed by atoms with Gasteiger partial charge in [0.25, 0.3) is 5.91 Å². The number of carbonyl (C=O) groups is 1. The van der Waals surface area contributed by atoms with Gasteiger partial charge in [0.05, 0.1) is 6.04 Å². The Kier molecular flexibility index (Phi) is 4.82. The number of hydrogen-bond acceptors (Lipinski definition) is 6. The number of ether oxygens (including phenoxy) is 1. The van der Waals surface area contributed by atoms with Gasteiger partial charge >= 0.3 is 0 Å². The lowest BCUT2D eigenvalue weighted by atomic mass is 10.1. The Morgan fingerprint density at radius 3 is 2.70 bits per heavy atom. The smallest absolute Gasteiger partial charge is 0.254 e. The first-order chi connectivity index (χ1) is 13.2. The summed E-state index contributed by atoms with van der Waals surface area (Å²) in [5.74, 6) is 1.68. The maximum Gasteiger partial charge on any atom is 0.254 e. The topological polar surface area (TPSA) is 81.4 Å². The lowest BCUT2D eigenvalue weighted by Crippen LogP contribution is -2.30. The predicted octanol–water partition coefficient (Wildman–Crippen LogP) is 3.33. The highest BCUT2D eigenvalue weighted by Gasteiger charge is 2.30. The van der Waals surface area contributed by atoms with Crippen LogP contribution in [0.15, 0.2) is 53.3 Å². The summed E-state index contributed by atoms with van der Waals surface area (Å²) >= 11 is 0. The highest BCUT2D eigenvalue weighted by atomic mass is 16.5. The van der Waals surface area contributed by atoms with Crippen molar-refractivity contribution in [2.45, 2.75) is 32.4 Å². The fourth-order valence-corrected chi connectivity index (χ4v) is 3.35. The van der Waals surface area contributed by atoms with Crippen LogP contribution >= 0.6 is 0 Å². The molecule has 0 saturated carbocycles. The minimum Gasteiger partial charge on any atom is -0.485 e. The number of benzene rings is 1. The summed E-state index contributed by atoms with van der Waals surface area (Å²) in [6, 6.07) is 11.2. The number of hydrogen-bond donors (Lipinski definition) is 0. The number of likely N-dealkylation sites (tertiary alicyclic amines) is 1. The Hall–Kier alpha value is -3.22. The van der Waals surface area contributed by atoms with E-state index in [-0.39, 0.29) is 18.6 Å². The lowest BCUT2D eigenvalue weighted by molar-refractivity contribution is 0.0735. The molecule has 1 aliphatic rings. The number of pyridine rings is 1. The quantitative estimate of drug-likeness (QED) is 0.691. The summed E-state index contributed by atoms with van der Waals surface area (Å²) in [6.07, 6.45) is 5.52. The van der Waals surface area contributed by atoms with E-state index in [1.165, 1.54) is 0 Å². The van der Waals surface area contributed by atoms with Crippen molar-refractivity contribution in [2.75, 3.05) is 6.54 Å². The van der Waals surface area contributed by atoms with E-state index >= 15 is 0 Å². The fourth-order valence-electron chi connectivity index (χ4n) is 3.35. The van der Waals surface area contributed by atoms with Crippen LogP contribution in [-0.2, 0) is 6.61 Å². The SMILES string of the molecule is Cc1nc(COc2ccc(C(=O)N3CCCC3c3ccncc3)cc2)no1. The summed E-state index contributed by atoms with van der Waals surface area (Å²) in [4.78, 5) is 23.1. The predicted molar refractivity (Wildman–Crippen MR) is 97.1 cm³/mol. The van der Waals surface area contributed by atoms with Gasteiger partial charge in [-0.1, -0.05) is 5.16 Å². The third-order valence-electron chi connectivity index (χ3n) is 4.64. The van der Waals surface area contributed by atoms with Crippen LogP contribution in [0.3, 0.4) is 0 Å². The van der Waals surface area contributed by atoms with Gasteiger partial charge in [-0.3, -0.25) is 9.78 Å². The molecule has 1 aromatic carbocycles. The molecule has 7 heteroatoms. The Morgan fingerprint density at radius 2 is 2.00 bits per heavy atom. The molecule has 1 aliphatic heterocycles. The van der Waals surface area contributed by atoms with Crippen LogP contribution in [0.1, 0.15) is 46.5 Å². The Bertz CT molecular complexity index is 908. The van der Waals surface area contributed by atoms with Gasteiger partial charge in [0.1, 0.15) is 5.75 Å². The van der Waals surface area contributed by atoms with Crippen molar-refractivity contribution in [3.8, 4) is 5.75 Å². The van der Waals surface area contributed by atoms with Crippen LogP contribution in [-0.4, -0.2) is 32.5 Å². The summed E-state index contributed by atoms with van der Waals surface area (Å²) in [7, 11) is 0. The molecule has 4 rings (SSSR count). The molecule has 0 radical (unpaired) electrons. The first-order valence-corrected chi connectivity index (χ1v) is 8.93. The van der Waals surface area contributed by atoms with Crippen molar-refractivity contribution in [3.05, 3.63) is 71.6 Å². The molecule has 0 bridgehead atoms. The molecule has 0 aliphatic carbocycles. The molecule has 1 amide bonds. The van der Waals surface area contributed by atoms with Gasteiger partial charge in [0.15, 0.2) is 6.61 Å². The van der Waals surface area contributed by atoms with Crippen LogP contribution < -0.4 is 4.74 Å². The van der Waals surface area contributed by atoms with Crippen LogP contribution in [0.5, 0.6) is 5.75 Å². The van der Waals surface area contributed by atoms with E-state index in [0.717, 1.165) is 24.9 Å². The average molecular weight is 364 g/mol. The minimum absolute atomic E-state index is 0.0367. The Balaban J connectivity index is 1.42. The summed E-state index contributed by atoms with van der Waals surface area (Å²) in [5.41, 5.74) is 1.78. The van der Waals surface area contributed by atoms with Crippen LogP contribution in [0, 0.1) is 6.92 Å². The second kappa shape index (κ2) is 7.57. The second-order valence-corrected chi connectivity index (χ2v) is 6.48. The number of carbonyl (C=O) groups excluding carboxylic acids is 1. The third kappa shape index (κ3) is 3.81. The van der Waals surface area contributed by atoms with Crippen LogP contribution in [0.25, 0.3) is 0 Å². The molecule has 27 heavy (non-hydrogen) atoms. The van der Waals surface area contributed by atoms with Gasteiger partial charge in [0.2, 0.25) is 11.7 Å². The maximum absolute atomic E-state index is 13.0. The van der Waals surface area contributed by atoms with Gasteiger partial charge in [-0.15, -0.1) is 0 Å². The molecule has 1 atom stereocenters. The molecule has 7 nitrogen and oxygen atoms in total. The molecule has 0 N–H and O–H groups in total. The molecular formula is C20H20N4O3. The average Bonchev–Trinajstić information content (AvgIpc) is 3.36. The van der Waals surface area contributed by atoms with Crippen molar-refractivity contribution in [3.63, 3.8) is 0 Å². The zero-order chi connectivity index (χ0) is 18.6. The van der Waals surface area contributed by atoms with E-state index in [9.17, 15) is 4.79 Å². The zero-order valence-electron chi connectivity index (χ0n) is 15.0. The molecule has 3 heterocycles. The van der Waals surface area contributed by atoms with Crippen molar-refractivity contribution < 1.29 is 14.1 Å². The molecular weight excluding hydrogens is 344 g/mol. The second-order valence-electron chi connectivity index (χ2n) is 6.48. The normalized spacial score (nSPS) is 16.5. The van der Waals surface area contributed by atoms with Gasteiger partial charge in [-0.25, -0.2) is 0 Å². The molecule has 0 spiro atoms. The molecule has 3 aromatic rings. The van der Waals surface area contributed by atoms with E-state index in [1.54, 1.807) is 43.6 Å². The monoisotopic (exact) mass is 364 g/mol. The van der Waals surface area contributed by atoms with Gasteiger partial charge < -0.3 is 14.2 Å². The first kappa shape index (κ1) is 17.2. The number of aromatic nitrogens is 3. The summed E-state index contributed by atoms with van der Waals surface area (Å²) < 4.78 is 10.6. The van der Waals surface area contributed by atoms with E-state index in [0.29, 0.717) is 23.0 Å². The third-order valence-corrected chi connectivity index (χ3v) is 4.64. The van der Waals surface area contributed by atoms with Crippen molar-refractivity contribution in [2.24, 2.45) is 0 Å². The zero-order valence-corrected chi connectivity index (χ0v) is 15.0.